The molecule has 0 saturated heterocycles. The molecule has 2 bridgehead atoms. The van der Waals surface area contributed by atoms with E-state index in [2.05, 4.69) is 42.4 Å². The largest absolute Gasteiger partial charge is 0.356 e. The van der Waals surface area contributed by atoms with Gasteiger partial charge in [-0.25, -0.2) is 4.98 Å². The van der Waals surface area contributed by atoms with Gasteiger partial charge in [0.15, 0.2) is 0 Å². The van der Waals surface area contributed by atoms with Crippen LogP contribution in [0.3, 0.4) is 0 Å². The predicted octanol–water partition coefficient (Wildman–Crippen LogP) is 3.73. The number of anilines is 1. The Morgan fingerprint density at radius 1 is 1.39 bits per heavy atom. The Hall–Kier alpha value is -0.640. The zero-order chi connectivity index (χ0) is 13.0. The number of aryl methyl sites for hydroxylation is 1. The molecule has 3 unspecified atom stereocenters. The van der Waals surface area contributed by atoms with Gasteiger partial charge in [0.2, 0.25) is 5.13 Å². The summed E-state index contributed by atoms with van der Waals surface area (Å²) < 4.78 is 4.38. The molecule has 100 valence electrons. The van der Waals surface area contributed by atoms with Gasteiger partial charge in [-0.15, -0.1) is 0 Å². The molecule has 0 aromatic carbocycles. The molecule has 2 aliphatic carbocycles. The van der Waals surface area contributed by atoms with Crippen molar-refractivity contribution in [2.45, 2.75) is 59.4 Å². The van der Waals surface area contributed by atoms with Gasteiger partial charge in [0, 0.05) is 24.0 Å². The summed E-state index contributed by atoms with van der Waals surface area (Å²) in [5, 5.41) is 4.72. The predicted molar refractivity (Wildman–Crippen MR) is 75.9 cm³/mol. The number of rotatable bonds is 3. The molecule has 1 aromatic heterocycles. The summed E-state index contributed by atoms with van der Waals surface area (Å²) in [6.07, 6.45) is 5.06. The van der Waals surface area contributed by atoms with Gasteiger partial charge in [-0.1, -0.05) is 27.7 Å². The molecule has 3 rings (SSSR count). The summed E-state index contributed by atoms with van der Waals surface area (Å²) >= 11 is 1.52. The molecule has 2 aliphatic rings. The average Bonchev–Trinajstić information content (AvgIpc) is 2.95. The van der Waals surface area contributed by atoms with Crippen LogP contribution in [0.25, 0.3) is 0 Å². The van der Waals surface area contributed by atoms with Crippen molar-refractivity contribution in [1.82, 2.24) is 9.36 Å². The summed E-state index contributed by atoms with van der Waals surface area (Å²) in [5.41, 5.74) is 0.831. The number of aromatic nitrogens is 2. The number of hydrogen-bond donors (Lipinski definition) is 1. The van der Waals surface area contributed by atoms with Gasteiger partial charge in [0.05, 0.1) is 0 Å². The van der Waals surface area contributed by atoms with Crippen molar-refractivity contribution in [3.05, 3.63) is 5.82 Å². The molecule has 4 heteroatoms. The summed E-state index contributed by atoms with van der Waals surface area (Å²) in [6.45, 7) is 9.39. The van der Waals surface area contributed by atoms with Crippen LogP contribution in [0.5, 0.6) is 0 Å². The molecule has 3 atom stereocenters. The van der Waals surface area contributed by atoms with Gasteiger partial charge in [-0.2, -0.15) is 4.37 Å². The van der Waals surface area contributed by atoms with Crippen molar-refractivity contribution in [2.24, 2.45) is 16.7 Å². The highest BCUT2D eigenvalue weighted by molar-refractivity contribution is 7.09. The molecule has 1 heterocycles. The fourth-order valence-electron chi connectivity index (χ4n) is 4.24. The van der Waals surface area contributed by atoms with E-state index < -0.39 is 0 Å². The second-order valence-electron chi connectivity index (χ2n) is 6.86. The van der Waals surface area contributed by atoms with Gasteiger partial charge in [-0.3, -0.25) is 0 Å². The molecular weight excluding hydrogens is 242 g/mol. The first-order valence-electron chi connectivity index (χ1n) is 7.05. The maximum absolute atomic E-state index is 4.57. The lowest BCUT2D eigenvalue weighted by Gasteiger charge is -2.43. The number of nitrogens with zero attached hydrogens (tertiary/aromatic N) is 2. The Bertz CT molecular complexity index is 449. The third-order valence-corrected chi connectivity index (χ3v) is 6.01. The summed E-state index contributed by atoms with van der Waals surface area (Å²) in [6, 6.07) is 0.543. The molecule has 3 nitrogen and oxygen atoms in total. The fraction of sp³-hybridized carbons (Fsp3) is 0.857. The summed E-state index contributed by atoms with van der Waals surface area (Å²) in [7, 11) is 0. The molecule has 0 radical (unpaired) electrons. The maximum Gasteiger partial charge on any atom is 0.202 e. The molecule has 1 N–H and O–H groups in total. The molecule has 18 heavy (non-hydrogen) atoms. The Morgan fingerprint density at radius 3 is 2.72 bits per heavy atom. The third-order valence-electron chi connectivity index (χ3n) is 5.32. The number of hydrogen-bond acceptors (Lipinski definition) is 4. The molecule has 0 amide bonds. The Balaban J connectivity index is 1.83. The van der Waals surface area contributed by atoms with Gasteiger partial charge >= 0.3 is 0 Å². The summed E-state index contributed by atoms with van der Waals surface area (Å²) in [4.78, 5) is 4.57. The van der Waals surface area contributed by atoms with Crippen molar-refractivity contribution >= 4 is 16.7 Å². The quantitative estimate of drug-likeness (QED) is 0.905. The van der Waals surface area contributed by atoms with E-state index in [4.69, 9.17) is 0 Å². The van der Waals surface area contributed by atoms with Gasteiger partial charge in [0.1, 0.15) is 5.82 Å². The highest BCUT2D eigenvalue weighted by Gasteiger charge is 2.59. The molecular formula is C14H23N3S. The highest BCUT2D eigenvalue weighted by Crippen LogP contribution is 2.63. The van der Waals surface area contributed by atoms with Crippen LogP contribution >= 0.6 is 11.5 Å². The van der Waals surface area contributed by atoms with Gasteiger partial charge in [-0.05, 0) is 36.0 Å². The topological polar surface area (TPSA) is 37.8 Å². The second-order valence-corrected chi connectivity index (χ2v) is 7.61. The van der Waals surface area contributed by atoms with E-state index in [1.807, 2.05) is 0 Å². The van der Waals surface area contributed by atoms with Crippen LogP contribution in [0.15, 0.2) is 0 Å². The van der Waals surface area contributed by atoms with Crippen LogP contribution in [0.4, 0.5) is 5.13 Å². The Labute approximate surface area is 114 Å². The zero-order valence-electron chi connectivity index (χ0n) is 11.8. The molecule has 2 fully saturated rings. The molecule has 1 aromatic rings. The van der Waals surface area contributed by atoms with E-state index in [1.165, 1.54) is 30.8 Å². The molecule has 0 aliphatic heterocycles. The van der Waals surface area contributed by atoms with Crippen LogP contribution < -0.4 is 5.32 Å². The van der Waals surface area contributed by atoms with Gasteiger partial charge in [0.25, 0.3) is 0 Å². The second kappa shape index (κ2) is 3.92. The smallest absolute Gasteiger partial charge is 0.202 e. The minimum Gasteiger partial charge on any atom is -0.356 e. The number of nitrogens with one attached hydrogen (secondary N) is 1. The van der Waals surface area contributed by atoms with E-state index in [-0.39, 0.29) is 0 Å². The number of fused-ring (bicyclic) bond motifs is 2. The average molecular weight is 265 g/mol. The van der Waals surface area contributed by atoms with E-state index >= 15 is 0 Å². The van der Waals surface area contributed by atoms with E-state index in [0.717, 1.165) is 23.3 Å². The minimum absolute atomic E-state index is 0.380. The molecule has 2 saturated carbocycles. The first-order valence-corrected chi connectivity index (χ1v) is 7.82. The molecule has 0 spiro atoms. The van der Waals surface area contributed by atoms with E-state index in [9.17, 15) is 0 Å². The normalized spacial score (nSPS) is 37.1. The Kier molecular flexibility index (Phi) is 2.70. The first kappa shape index (κ1) is 12.4. The minimum atomic E-state index is 0.380. The van der Waals surface area contributed by atoms with Crippen molar-refractivity contribution in [3.63, 3.8) is 0 Å². The zero-order valence-corrected chi connectivity index (χ0v) is 12.6. The van der Waals surface area contributed by atoms with Crippen molar-refractivity contribution in [1.29, 1.82) is 0 Å². The monoisotopic (exact) mass is 265 g/mol. The fourth-order valence-corrected chi connectivity index (χ4v) is 4.92. The SMILES string of the molecule is CCc1nsc(NC2C3(C)CCC(C3)C2(C)C)n1. The van der Waals surface area contributed by atoms with Crippen LogP contribution in [0, 0.1) is 16.7 Å². The van der Waals surface area contributed by atoms with Crippen LogP contribution in [-0.4, -0.2) is 15.4 Å². The van der Waals surface area contributed by atoms with Crippen molar-refractivity contribution < 1.29 is 0 Å². The first-order chi connectivity index (χ1) is 8.45. The standard InChI is InChI=1S/C14H23N3S/c1-5-10-15-12(18-17-10)16-11-13(2,3)9-6-7-14(11,4)8-9/h9,11H,5-8H2,1-4H3,(H,15,16,17). The Morgan fingerprint density at radius 2 is 2.17 bits per heavy atom. The maximum atomic E-state index is 4.57. The van der Waals surface area contributed by atoms with Crippen LogP contribution in [0.2, 0.25) is 0 Å². The van der Waals surface area contributed by atoms with E-state index in [1.54, 1.807) is 0 Å². The lowest BCUT2D eigenvalue weighted by Crippen LogP contribution is -2.45. The highest BCUT2D eigenvalue weighted by atomic mass is 32.1. The summed E-state index contributed by atoms with van der Waals surface area (Å²) in [5.74, 6) is 1.84. The van der Waals surface area contributed by atoms with Crippen LogP contribution in [0.1, 0.15) is 52.8 Å². The van der Waals surface area contributed by atoms with Crippen molar-refractivity contribution in [3.8, 4) is 0 Å². The lowest BCUT2D eigenvalue weighted by atomic mass is 9.68. The van der Waals surface area contributed by atoms with Crippen LogP contribution in [-0.2, 0) is 6.42 Å². The third kappa shape index (κ3) is 1.68. The lowest BCUT2D eigenvalue weighted by molar-refractivity contribution is 0.155. The van der Waals surface area contributed by atoms with Gasteiger partial charge < -0.3 is 5.32 Å². The van der Waals surface area contributed by atoms with E-state index in [0.29, 0.717) is 16.9 Å². The van der Waals surface area contributed by atoms with Crippen molar-refractivity contribution in [2.75, 3.05) is 5.32 Å².